The van der Waals surface area contributed by atoms with Gasteiger partial charge in [-0.1, -0.05) is 0 Å². The van der Waals surface area contributed by atoms with Crippen molar-refractivity contribution in [3.8, 4) is 0 Å². The van der Waals surface area contributed by atoms with Gasteiger partial charge in [-0.25, -0.2) is 0 Å². The largest absolute Gasteiger partial charge is 0.386 e. The quantitative estimate of drug-likeness (QED) is 0.357. The van der Waals surface area contributed by atoms with Gasteiger partial charge >= 0.3 is 0 Å². The number of aliphatic hydroxyl groups is 1. The van der Waals surface area contributed by atoms with Crippen LogP contribution in [0.2, 0.25) is 0 Å². The van der Waals surface area contributed by atoms with Crippen molar-refractivity contribution < 1.29 is 5.11 Å². The van der Waals surface area contributed by atoms with E-state index in [4.69, 9.17) is 22.0 Å². The number of rotatable bonds is 3. The highest BCUT2D eigenvalue weighted by Gasteiger charge is 2.13. The molecule has 54 valence electrons. The molecule has 0 aromatic rings. The van der Waals surface area contributed by atoms with E-state index in [0.29, 0.717) is 0 Å². The van der Waals surface area contributed by atoms with E-state index in [1.54, 1.807) is 0 Å². The van der Waals surface area contributed by atoms with Crippen molar-refractivity contribution in [1.29, 1.82) is 5.41 Å². The minimum Gasteiger partial charge on any atom is -0.386 e. The molecule has 2 atom stereocenters. The zero-order valence-corrected chi connectivity index (χ0v) is 5.46. The maximum absolute atomic E-state index is 8.97. The summed E-state index contributed by atoms with van der Waals surface area (Å²) >= 11 is 0. The summed E-state index contributed by atoms with van der Waals surface area (Å²) in [6.45, 7) is 1.71. The number of hydrogen-bond acceptors (Lipinski definition) is 4. The highest BCUT2D eigenvalue weighted by atomic mass is 16.3. The first-order chi connectivity index (χ1) is 4.09. The van der Waals surface area contributed by atoms with Crippen molar-refractivity contribution in [1.82, 2.24) is 0 Å². The van der Waals surface area contributed by atoms with Crippen molar-refractivity contribution in [2.24, 2.45) is 11.5 Å². The van der Waals surface area contributed by atoms with E-state index in [2.05, 4.69) is 0 Å². The van der Waals surface area contributed by atoms with Gasteiger partial charge in [-0.05, 0) is 6.92 Å². The van der Waals surface area contributed by atoms with Gasteiger partial charge < -0.3 is 22.0 Å². The molecule has 0 rings (SSSR count). The topological polar surface area (TPSA) is 96.1 Å². The van der Waals surface area contributed by atoms with Crippen molar-refractivity contribution in [2.45, 2.75) is 19.1 Å². The maximum atomic E-state index is 8.97. The molecule has 4 heteroatoms. The summed E-state index contributed by atoms with van der Waals surface area (Å²) in [5.74, 6) is 0. The SMILES string of the molecule is CC(=N)[C@@H](O)C(N)CN. The number of nitrogens with two attached hydrogens (primary N) is 2. The van der Waals surface area contributed by atoms with Crippen LogP contribution in [0.1, 0.15) is 6.92 Å². The van der Waals surface area contributed by atoms with Gasteiger partial charge in [0.15, 0.2) is 0 Å². The third-order valence-corrected chi connectivity index (χ3v) is 1.12. The fraction of sp³-hybridized carbons (Fsp3) is 0.800. The summed E-state index contributed by atoms with van der Waals surface area (Å²) < 4.78 is 0. The molecular formula is C5H13N3O. The average molecular weight is 131 g/mol. The zero-order valence-electron chi connectivity index (χ0n) is 5.46. The summed E-state index contributed by atoms with van der Waals surface area (Å²) in [6, 6.07) is -0.498. The molecular weight excluding hydrogens is 118 g/mol. The Bertz CT molecular complexity index is 104. The first-order valence-corrected chi connectivity index (χ1v) is 2.78. The second kappa shape index (κ2) is 3.55. The van der Waals surface area contributed by atoms with Crippen molar-refractivity contribution in [2.75, 3.05) is 6.54 Å². The summed E-state index contributed by atoms with van der Waals surface area (Å²) in [5, 5.41) is 15.9. The molecule has 0 spiro atoms. The molecule has 1 unspecified atom stereocenters. The van der Waals surface area contributed by atoms with Gasteiger partial charge in [-0.2, -0.15) is 0 Å². The lowest BCUT2D eigenvalue weighted by atomic mass is 10.1. The fourth-order valence-electron chi connectivity index (χ4n) is 0.450. The van der Waals surface area contributed by atoms with Gasteiger partial charge in [-0.3, -0.25) is 0 Å². The fourth-order valence-corrected chi connectivity index (χ4v) is 0.450. The van der Waals surface area contributed by atoms with E-state index in [0.717, 1.165) is 0 Å². The van der Waals surface area contributed by atoms with Crippen LogP contribution in [0.15, 0.2) is 0 Å². The third kappa shape index (κ3) is 2.55. The Balaban J connectivity index is 3.72. The first-order valence-electron chi connectivity index (χ1n) is 2.78. The molecule has 4 nitrogen and oxygen atoms in total. The Morgan fingerprint density at radius 1 is 1.78 bits per heavy atom. The Morgan fingerprint density at radius 2 is 2.22 bits per heavy atom. The lowest BCUT2D eigenvalue weighted by molar-refractivity contribution is 0.210. The monoisotopic (exact) mass is 131 g/mol. The molecule has 0 heterocycles. The molecule has 0 saturated heterocycles. The predicted molar refractivity (Wildman–Crippen MR) is 36.4 cm³/mol. The van der Waals surface area contributed by atoms with Crippen LogP contribution in [0.4, 0.5) is 0 Å². The van der Waals surface area contributed by atoms with Gasteiger partial charge in [0.05, 0.1) is 0 Å². The Labute approximate surface area is 54.4 Å². The molecule has 0 aliphatic carbocycles. The molecule has 0 amide bonds. The average Bonchev–Trinajstić information content (AvgIpc) is 1.84. The first kappa shape index (κ1) is 8.55. The molecule has 0 saturated carbocycles. The van der Waals surface area contributed by atoms with Crippen molar-refractivity contribution in [3.05, 3.63) is 0 Å². The molecule has 0 aromatic heterocycles. The Hall–Kier alpha value is -0.450. The third-order valence-electron chi connectivity index (χ3n) is 1.12. The molecule has 0 radical (unpaired) electrons. The van der Waals surface area contributed by atoms with E-state index in [1.165, 1.54) is 6.92 Å². The molecule has 0 bridgehead atoms. The standard InChI is InChI=1S/C5H13N3O/c1-3(7)5(9)4(8)2-6/h4-5,7,9H,2,6,8H2,1H3/t4?,5-/m1/s1. The lowest BCUT2D eigenvalue weighted by Crippen LogP contribution is -2.44. The van der Waals surface area contributed by atoms with E-state index >= 15 is 0 Å². The minimum absolute atomic E-state index is 0.160. The smallest absolute Gasteiger partial charge is 0.107 e. The van der Waals surface area contributed by atoms with Crippen LogP contribution in [0, 0.1) is 5.41 Å². The van der Waals surface area contributed by atoms with Gasteiger partial charge in [0.2, 0.25) is 0 Å². The normalized spacial score (nSPS) is 16.9. The van der Waals surface area contributed by atoms with Crippen LogP contribution < -0.4 is 11.5 Å². The summed E-state index contributed by atoms with van der Waals surface area (Å²) in [6.07, 6.45) is -0.880. The summed E-state index contributed by atoms with van der Waals surface area (Å²) in [7, 11) is 0. The molecule has 0 aromatic carbocycles. The van der Waals surface area contributed by atoms with Crippen LogP contribution >= 0.6 is 0 Å². The lowest BCUT2D eigenvalue weighted by Gasteiger charge is -2.14. The Kier molecular flexibility index (Phi) is 3.37. The second-order valence-electron chi connectivity index (χ2n) is 2.03. The van der Waals surface area contributed by atoms with Crippen LogP contribution in [-0.4, -0.2) is 29.5 Å². The highest BCUT2D eigenvalue weighted by molar-refractivity contribution is 5.83. The molecule has 0 aliphatic heterocycles. The Morgan fingerprint density at radius 3 is 2.33 bits per heavy atom. The molecule has 6 N–H and O–H groups in total. The van der Waals surface area contributed by atoms with Crippen LogP contribution in [0.5, 0.6) is 0 Å². The zero-order chi connectivity index (χ0) is 7.44. The highest BCUT2D eigenvalue weighted by Crippen LogP contribution is 1.88. The van der Waals surface area contributed by atoms with Crippen molar-refractivity contribution in [3.63, 3.8) is 0 Å². The maximum Gasteiger partial charge on any atom is 0.107 e. The number of hydrogen-bond donors (Lipinski definition) is 4. The van der Waals surface area contributed by atoms with Crippen LogP contribution in [0.25, 0.3) is 0 Å². The van der Waals surface area contributed by atoms with Crippen LogP contribution in [-0.2, 0) is 0 Å². The summed E-state index contributed by atoms with van der Waals surface area (Å²) in [5.41, 5.74) is 10.6. The van der Waals surface area contributed by atoms with E-state index in [9.17, 15) is 0 Å². The van der Waals surface area contributed by atoms with E-state index in [1.807, 2.05) is 0 Å². The van der Waals surface area contributed by atoms with Gasteiger partial charge in [0.1, 0.15) is 6.10 Å². The number of aliphatic hydroxyl groups excluding tert-OH is 1. The molecule has 9 heavy (non-hydrogen) atoms. The summed E-state index contributed by atoms with van der Waals surface area (Å²) in [4.78, 5) is 0. The van der Waals surface area contributed by atoms with Gasteiger partial charge in [0, 0.05) is 18.3 Å². The van der Waals surface area contributed by atoms with E-state index in [-0.39, 0.29) is 12.3 Å². The van der Waals surface area contributed by atoms with Crippen LogP contribution in [0.3, 0.4) is 0 Å². The van der Waals surface area contributed by atoms with Gasteiger partial charge in [-0.15, -0.1) is 0 Å². The van der Waals surface area contributed by atoms with Gasteiger partial charge in [0.25, 0.3) is 0 Å². The molecule has 0 fully saturated rings. The molecule has 0 aliphatic rings. The number of nitrogens with one attached hydrogen (secondary N) is 1. The second-order valence-corrected chi connectivity index (χ2v) is 2.03. The van der Waals surface area contributed by atoms with E-state index < -0.39 is 12.1 Å². The van der Waals surface area contributed by atoms with Crippen molar-refractivity contribution >= 4 is 5.71 Å². The minimum atomic E-state index is -0.880. The predicted octanol–water partition coefficient (Wildman–Crippen LogP) is -1.33.